The molecule has 0 aliphatic rings. The number of aromatic nitrogens is 1. The summed E-state index contributed by atoms with van der Waals surface area (Å²) in [7, 11) is 0. The smallest absolute Gasteiger partial charge is 0.273 e. The maximum Gasteiger partial charge on any atom is 0.273 e. The van der Waals surface area contributed by atoms with Crippen molar-refractivity contribution in [2.24, 2.45) is 0 Å². The van der Waals surface area contributed by atoms with E-state index >= 15 is 0 Å². The number of halogens is 1. The molecule has 0 radical (unpaired) electrons. The van der Waals surface area contributed by atoms with Crippen LogP contribution in [0.3, 0.4) is 0 Å². The molecule has 1 N–H and O–H groups in total. The van der Waals surface area contributed by atoms with Gasteiger partial charge < -0.3 is 5.32 Å². The monoisotopic (exact) mass is 387 g/mol. The Morgan fingerprint density at radius 3 is 2.58 bits per heavy atom. The summed E-state index contributed by atoms with van der Waals surface area (Å²) < 4.78 is 0. The minimum Gasteiger partial charge on any atom is -0.302 e. The number of carbonyl (C=O) groups is 1. The molecule has 0 atom stereocenters. The summed E-state index contributed by atoms with van der Waals surface area (Å²) in [6.07, 6.45) is 2.22. The number of nitrogens with one attached hydrogen (secondary N) is 1. The van der Waals surface area contributed by atoms with Crippen molar-refractivity contribution in [1.29, 1.82) is 0 Å². The number of amides is 1. The molecule has 1 heterocycles. The Kier molecular flexibility index (Phi) is 5.60. The minimum absolute atomic E-state index is 0.0683. The lowest BCUT2D eigenvalue weighted by atomic mass is 10.1. The van der Waals surface area contributed by atoms with Crippen LogP contribution in [0.15, 0.2) is 54.7 Å². The molecule has 26 heavy (non-hydrogen) atoms. The van der Waals surface area contributed by atoms with Crippen molar-refractivity contribution in [2.75, 3.05) is 5.32 Å². The third kappa shape index (κ3) is 4.44. The lowest BCUT2D eigenvalue weighted by molar-refractivity contribution is -0.385. The first-order chi connectivity index (χ1) is 12.5. The van der Waals surface area contributed by atoms with E-state index in [-0.39, 0.29) is 18.0 Å². The fraction of sp³-hybridized carbons (Fsp3) is 0.111. The number of para-hydroxylation sites is 1. The molecule has 0 bridgehead atoms. The zero-order chi connectivity index (χ0) is 18.5. The van der Waals surface area contributed by atoms with E-state index in [0.717, 1.165) is 10.4 Å². The van der Waals surface area contributed by atoms with E-state index in [2.05, 4.69) is 10.3 Å². The van der Waals surface area contributed by atoms with Crippen molar-refractivity contribution in [2.45, 2.75) is 12.8 Å². The third-order valence-corrected chi connectivity index (χ3v) is 4.94. The van der Waals surface area contributed by atoms with Crippen LogP contribution in [-0.2, 0) is 17.6 Å². The summed E-state index contributed by atoms with van der Waals surface area (Å²) in [6.45, 7) is 0. The number of hydrogen-bond acceptors (Lipinski definition) is 5. The number of rotatable bonds is 6. The maximum absolute atomic E-state index is 12.2. The predicted molar refractivity (Wildman–Crippen MR) is 102 cm³/mol. The van der Waals surface area contributed by atoms with Crippen LogP contribution < -0.4 is 5.32 Å². The zero-order valence-corrected chi connectivity index (χ0v) is 15.1. The fourth-order valence-corrected chi connectivity index (χ4v) is 3.51. The lowest BCUT2D eigenvalue weighted by Gasteiger charge is -2.03. The Labute approximate surface area is 158 Å². The largest absolute Gasteiger partial charge is 0.302 e. The van der Waals surface area contributed by atoms with Gasteiger partial charge in [0, 0.05) is 34.1 Å². The predicted octanol–water partition coefficient (Wildman–Crippen LogP) is 4.48. The summed E-state index contributed by atoms with van der Waals surface area (Å²) in [5.74, 6) is -0.349. The van der Waals surface area contributed by atoms with Crippen LogP contribution in [0.1, 0.15) is 16.0 Å². The van der Waals surface area contributed by atoms with Gasteiger partial charge >= 0.3 is 0 Å². The molecule has 0 unspecified atom stereocenters. The minimum atomic E-state index is -0.492. The zero-order valence-electron chi connectivity index (χ0n) is 13.5. The molecule has 6 nitrogen and oxygen atoms in total. The van der Waals surface area contributed by atoms with Crippen LogP contribution in [0.25, 0.3) is 0 Å². The molecule has 1 amide bonds. The first-order valence-electron chi connectivity index (χ1n) is 7.73. The highest BCUT2D eigenvalue weighted by molar-refractivity contribution is 7.15. The molecule has 0 aliphatic heterocycles. The number of carbonyl (C=O) groups excluding carboxylic acids is 1. The van der Waals surface area contributed by atoms with Crippen molar-refractivity contribution in [1.82, 2.24) is 4.98 Å². The second kappa shape index (κ2) is 8.07. The van der Waals surface area contributed by atoms with Gasteiger partial charge in [-0.05, 0) is 11.6 Å². The summed E-state index contributed by atoms with van der Waals surface area (Å²) in [5, 5.41) is 14.8. The van der Waals surface area contributed by atoms with Crippen LogP contribution in [0.5, 0.6) is 0 Å². The summed E-state index contributed by atoms with van der Waals surface area (Å²) in [5.41, 5.74) is 1.28. The van der Waals surface area contributed by atoms with Gasteiger partial charge in [0.1, 0.15) is 0 Å². The van der Waals surface area contributed by atoms with Crippen molar-refractivity contribution in [3.8, 4) is 0 Å². The second-order valence-electron chi connectivity index (χ2n) is 5.51. The Morgan fingerprint density at radius 1 is 1.15 bits per heavy atom. The van der Waals surface area contributed by atoms with Crippen molar-refractivity contribution in [3.63, 3.8) is 0 Å². The van der Waals surface area contributed by atoms with E-state index in [0.29, 0.717) is 22.1 Å². The first kappa shape index (κ1) is 18.0. The van der Waals surface area contributed by atoms with Crippen LogP contribution in [0.2, 0.25) is 5.02 Å². The highest BCUT2D eigenvalue weighted by Crippen LogP contribution is 2.25. The van der Waals surface area contributed by atoms with Gasteiger partial charge in [0.15, 0.2) is 5.13 Å². The van der Waals surface area contributed by atoms with Crippen LogP contribution in [-0.4, -0.2) is 15.8 Å². The lowest BCUT2D eigenvalue weighted by Crippen LogP contribution is -2.15. The molecular weight excluding hydrogens is 374 g/mol. The first-order valence-corrected chi connectivity index (χ1v) is 8.92. The molecule has 3 aromatic rings. The highest BCUT2D eigenvalue weighted by Gasteiger charge is 2.16. The molecule has 8 heteroatoms. The highest BCUT2D eigenvalue weighted by atomic mass is 35.5. The fourth-order valence-electron chi connectivity index (χ4n) is 2.45. The van der Waals surface area contributed by atoms with Crippen LogP contribution in [0, 0.1) is 10.1 Å². The van der Waals surface area contributed by atoms with E-state index in [1.807, 2.05) is 24.3 Å². The van der Waals surface area contributed by atoms with Crippen molar-refractivity contribution >= 4 is 39.7 Å². The van der Waals surface area contributed by atoms with Crippen molar-refractivity contribution < 1.29 is 9.72 Å². The van der Waals surface area contributed by atoms with E-state index in [9.17, 15) is 14.9 Å². The van der Waals surface area contributed by atoms with Gasteiger partial charge in [-0.2, -0.15) is 0 Å². The second-order valence-corrected chi connectivity index (χ2v) is 7.03. The molecule has 132 valence electrons. The van der Waals surface area contributed by atoms with E-state index in [1.165, 1.54) is 17.4 Å². The Balaban J connectivity index is 1.65. The maximum atomic E-state index is 12.2. The van der Waals surface area contributed by atoms with Gasteiger partial charge in [0.05, 0.1) is 11.3 Å². The summed E-state index contributed by atoms with van der Waals surface area (Å²) in [6, 6.07) is 13.7. The molecule has 0 aliphatic carbocycles. The summed E-state index contributed by atoms with van der Waals surface area (Å²) >= 11 is 7.51. The summed E-state index contributed by atoms with van der Waals surface area (Å²) in [4.78, 5) is 27.9. The number of nitro groups is 1. The standard InChI is InChI=1S/C18H14ClN3O3S/c19-15-7-3-1-5-12(15)9-14-11-20-18(26-14)21-17(23)10-13-6-2-4-8-16(13)22(24)25/h1-8,11H,9-10H2,(H,20,21,23). The van der Waals surface area contributed by atoms with Gasteiger partial charge in [-0.15, -0.1) is 11.3 Å². The average molecular weight is 388 g/mol. The molecule has 0 saturated carbocycles. The molecule has 0 spiro atoms. The average Bonchev–Trinajstić information content (AvgIpc) is 3.04. The van der Waals surface area contributed by atoms with Crippen LogP contribution >= 0.6 is 22.9 Å². The van der Waals surface area contributed by atoms with Gasteiger partial charge in [0.25, 0.3) is 5.69 Å². The normalized spacial score (nSPS) is 10.5. The van der Waals surface area contributed by atoms with Gasteiger partial charge in [-0.1, -0.05) is 48.0 Å². The number of thiazole rings is 1. The molecular formula is C18H14ClN3O3S. The van der Waals surface area contributed by atoms with Gasteiger partial charge in [-0.3, -0.25) is 14.9 Å². The van der Waals surface area contributed by atoms with Crippen molar-refractivity contribution in [3.05, 3.63) is 85.9 Å². The Hall–Kier alpha value is -2.77. The number of nitrogens with zero attached hydrogens (tertiary/aromatic N) is 2. The van der Waals surface area contributed by atoms with Gasteiger partial charge in [0.2, 0.25) is 5.91 Å². The molecule has 2 aromatic carbocycles. The van der Waals surface area contributed by atoms with E-state index in [1.54, 1.807) is 24.4 Å². The number of nitro benzene ring substituents is 1. The Morgan fingerprint density at radius 2 is 1.85 bits per heavy atom. The van der Waals surface area contributed by atoms with Crippen LogP contribution in [0.4, 0.5) is 10.8 Å². The quantitative estimate of drug-likeness (QED) is 0.499. The molecule has 3 rings (SSSR count). The van der Waals surface area contributed by atoms with Gasteiger partial charge in [-0.25, -0.2) is 4.98 Å². The number of anilines is 1. The van der Waals surface area contributed by atoms with E-state index < -0.39 is 4.92 Å². The topological polar surface area (TPSA) is 85.1 Å². The number of benzene rings is 2. The molecule has 1 aromatic heterocycles. The Bertz CT molecular complexity index is 958. The van der Waals surface area contributed by atoms with E-state index in [4.69, 9.17) is 11.6 Å². The molecule has 0 saturated heterocycles. The number of hydrogen-bond donors (Lipinski definition) is 1. The SMILES string of the molecule is O=C(Cc1ccccc1[N+](=O)[O-])Nc1ncc(Cc2ccccc2Cl)s1. The third-order valence-electron chi connectivity index (χ3n) is 3.66. The molecule has 0 fully saturated rings.